The molecule has 1 heterocycles. The van der Waals surface area contributed by atoms with Crippen molar-refractivity contribution in [3.8, 4) is 0 Å². The molecule has 0 aliphatic heterocycles. The molecular formula is C2H4N6O2. The second kappa shape index (κ2) is 2.27. The Bertz CT molecular complexity index is 242. The van der Waals surface area contributed by atoms with E-state index in [0.29, 0.717) is 4.80 Å². The van der Waals surface area contributed by atoms with Gasteiger partial charge >= 0.3 is 6.03 Å². The molecule has 0 aromatic carbocycles. The number of nitrogens with zero attached hydrogens (tertiary/aromatic N) is 4. The topological polar surface area (TPSA) is 119 Å². The van der Waals surface area contributed by atoms with E-state index >= 15 is 0 Å². The van der Waals surface area contributed by atoms with Crippen LogP contribution < -0.4 is 11.2 Å². The minimum atomic E-state index is -0.867. The van der Waals surface area contributed by atoms with Gasteiger partial charge in [-0.1, -0.05) is 9.90 Å². The molecule has 1 rings (SSSR count). The van der Waals surface area contributed by atoms with Gasteiger partial charge in [-0.3, -0.25) is 5.21 Å². The van der Waals surface area contributed by atoms with E-state index in [2.05, 4.69) is 15.4 Å². The van der Waals surface area contributed by atoms with Crippen LogP contribution in [0.2, 0.25) is 0 Å². The number of nitrogens with two attached hydrogens (primary N) is 1. The summed E-state index contributed by atoms with van der Waals surface area (Å²) in [5.74, 6) is -0.182. The number of anilines is 1. The van der Waals surface area contributed by atoms with E-state index in [-0.39, 0.29) is 5.95 Å². The third-order valence-electron chi connectivity index (χ3n) is 0.711. The van der Waals surface area contributed by atoms with Crippen molar-refractivity contribution in [3.63, 3.8) is 0 Å². The van der Waals surface area contributed by atoms with E-state index in [1.807, 2.05) is 0 Å². The summed E-state index contributed by atoms with van der Waals surface area (Å²) >= 11 is 0. The third-order valence-corrected chi connectivity index (χ3v) is 0.711. The second-order valence-electron chi connectivity index (χ2n) is 1.35. The molecule has 1 aromatic rings. The Morgan fingerprint density at radius 3 is 2.80 bits per heavy atom. The zero-order chi connectivity index (χ0) is 7.56. The summed E-state index contributed by atoms with van der Waals surface area (Å²) in [5, 5.41) is 17.8. The van der Waals surface area contributed by atoms with Crippen molar-refractivity contribution in [2.75, 3.05) is 5.48 Å². The van der Waals surface area contributed by atoms with Crippen LogP contribution in [-0.4, -0.2) is 31.4 Å². The Kier molecular flexibility index (Phi) is 1.46. The number of rotatable bonds is 1. The van der Waals surface area contributed by atoms with E-state index < -0.39 is 6.03 Å². The summed E-state index contributed by atoms with van der Waals surface area (Å²) in [4.78, 5) is 10.8. The molecule has 0 aliphatic carbocycles. The summed E-state index contributed by atoms with van der Waals surface area (Å²) in [6, 6.07) is -0.867. The number of carbonyl (C=O) groups excluding carboxylic acids is 1. The van der Waals surface area contributed by atoms with Crippen LogP contribution in [0.15, 0.2) is 0 Å². The summed E-state index contributed by atoms with van der Waals surface area (Å²) in [5.41, 5.74) is 6.32. The van der Waals surface area contributed by atoms with Crippen molar-refractivity contribution in [2.24, 2.45) is 5.73 Å². The highest BCUT2D eigenvalue weighted by molar-refractivity contribution is 5.72. The number of hydrogen-bond donors (Lipinski definition) is 3. The molecule has 8 heteroatoms. The highest BCUT2D eigenvalue weighted by Gasteiger charge is 2.03. The fourth-order valence-electron chi connectivity index (χ4n) is 0.353. The molecule has 0 aliphatic rings. The molecule has 10 heavy (non-hydrogen) atoms. The third kappa shape index (κ3) is 1.00. The van der Waals surface area contributed by atoms with Crippen LogP contribution in [0.25, 0.3) is 0 Å². The number of tetrazole rings is 1. The Morgan fingerprint density at radius 2 is 2.50 bits per heavy atom. The van der Waals surface area contributed by atoms with Gasteiger partial charge in [0, 0.05) is 0 Å². The normalized spacial score (nSPS) is 9.30. The molecule has 8 nitrogen and oxygen atoms in total. The van der Waals surface area contributed by atoms with Crippen molar-refractivity contribution >= 4 is 12.0 Å². The van der Waals surface area contributed by atoms with Crippen LogP contribution in [0.3, 0.4) is 0 Å². The lowest BCUT2D eigenvalue weighted by molar-refractivity contribution is 0.244. The van der Waals surface area contributed by atoms with Gasteiger partial charge in [0.05, 0.1) is 0 Å². The fourth-order valence-corrected chi connectivity index (χ4v) is 0.353. The van der Waals surface area contributed by atoms with Crippen LogP contribution in [0.5, 0.6) is 0 Å². The summed E-state index contributed by atoms with van der Waals surface area (Å²) < 4.78 is 0. The van der Waals surface area contributed by atoms with Crippen LogP contribution in [0.1, 0.15) is 0 Å². The van der Waals surface area contributed by atoms with Gasteiger partial charge < -0.3 is 5.73 Å². The Morgan fingerprint density at radius 1 is 1.80 bits per heavy atom. The number of carbonyl (C=O) groups is 1. The molecule has 54 valence electrons. The minimum absolute atomic E-state index is 0.182. The first-order valence-corrected chi connectivity index (χ1v) is 2.24. The number of aromatic nitrogens is 4. The molecule has 0 spiro atoms. The quantitative estimate of drug-likeness (QED) is 0.408. The molecule has 0 saturated carbocycles. The van der Waals surface area contributed by atoms with Crippen molar-refractivity contribution in [2.45, 2.75) is 0 Å². The van der Waals surface area contributed by atoms with Crippen LogP contribution in [-0.2, 0) is 0 Å². The van der Waals surface area contributed by atoms with Gasteiger partial charge in [0.1, 0.15) is 0 Å². The summed E-state index contributed by atoms with van der Waals surface area (Å²) in [6.07, 6.45) is 0. The van der Waals surface area contributed by atoms with Crippen molar-refractivity contribution in [1.29, 1.82) is 0 Å². The molecule has 0 radical (unpaired) electrons. The maximum absolute atomic E-state index is 10.2. The Hall–Kier alpha value is -1.70. The van der Waals surface area contributed by atoms with Gasteiger partial charge in [-0.15, -0.1) is 5.10 Å². The Labute approximate surface area is 54.6 Å². The zero-order valence-corrected chi connectivity index (χ0v) is 4.72. The van der Waals surface area contributed by atoms with Gasteiger partial charge in [0.2, 0.25) is 0 Å². The molecule has 0 unspecified atom stereocenters. The van der Waals surface area contributed by atoms with Gasteiger partial charge in [-0.2, -0.15) is 0 Å². The second-order valence-corrected chi connectivity index (χ2v) is 1.35. The van der Waals surface area contributed by atoms with Crippen LogP contribution in [0, 0.1) is 0 Å². The maximum Gasteiger partial charge on any atom is 0.358 e. The van der Waals surface area contributed by atoms with Crippen molar-refractivity contribution in [3.05, 3.63) is 0 Å². The lowest BCUT2D eigenvalue weighted by Crippen LogP contribution is -2.22. The molecule has 0 atom stereocenters. The standard InChI is InChI=1S/C2H4N6O2/c3-1(9)8-5-2(6-10)4-7-8/h10H,(H2,3,9)(H,5,6). The average molecular weight is 144 g/mol. The predicted molar refractivity (Wildman–Crippen MR) is 28.2 cm³/mol. The van der Waals surface area contributed by atoms with E-state index in [1.165, 1.54) is 0 Å². The smallest absolute Gasteiger partial charge is 0.348 e. The number of hydrogen-bond acceptors (Lipinski definition) is 6. The van der Waals surface area contributed by atoms with Crippen LogP contribution >= 0.6 is 0 Å². The highest BCUT2D eigenvalue weighted by Crippen LogP contribution is 1.87. The summed E-state index contributed by atoms with van der Waals surface area (Å²) in [7, 11) is 0. The molecule has 1 aromatic heterocycles. The SMILES string of the molecule is NC(=O)n1nnc(NO)n1. The first-order valence-electron chi connectivity index (χ1n) is 2.24. The van der Waals surface area contributed by atoms with Gasteiger partial charge in [0.15, 0.2) is 0 Å². The Balaban J connectivity index is 2.88. The minimum Gasteiger partial charge on any atom is -0.348 e. The molecule has 0 fully saturated rings. The van der Waals surface area contributed by atoms with E-state index in [1.54, 1.807) is 5.48 Å². The van der Waals surface area contributed by atoms with Gasteiger partial charge in [-0.25, -0.2) is 10.3 Å². The van der Waals surface area contributed by atoms with E-state index in [4.69, 9.17) is 10.9 Å². The van der Waals surface area contributed by atoms with Crippen molar-refractivity contribution < 1.29 is 10.0 Å². The fraction of sp³-hybridized carbons (Fsp3) is 0. The molecule has 0 bridgehead atoms. The molecule has 4 N–H and O–H groups in total. The van der Waals surface area contributed by atoms with Gasteiger partial charge in [0.25, 0.3) is 5.95 Å². The highest BCUT2D eigenvalue weighted by atomic mass is 16.5. The van der Waals surface area contributed by atoms with Crippen LogP contribution in [0.4, 0.5) is 10.7 Å². The maximum atomic E-state index is 10.2. The molecular weight excluding hydrogens is 140 g/mol. The van der Waals surface area contributed by atoms with E-state index in [9.17, 15) is 4.79 Å². The lowest BCUT2D eigenvalue weighted by atomic mass is 11.1. The average Bonchev–Trinajstić information content (AvgIpc) is 2.34. The number of nitrogens with one attached hydrogen (secondary N) is 1. The number of primary amides is 1. The van der Waals surface area contributed by atoms with E-state index in [0.717, 1.165) is 0 Å². The zero-order valence-electron chi connectivity index (χ0n) is 4.72. The lowest BCUT2D eigenvalue weighted by Gasteiger charge is -1.85. The molecule has 1 amide bonds. The first-order chi connectivity index (χ1) is 4.74. The monoisotopic (exact) mass is 144 g/mol. The molecule has 0 saturated heterocycles. The first kappa shape index (κ1) is 6.42. The largest absolute Gasteiger partial charge is 0.358 e. The van der Waals surface area contributed by atoms with Crippen molar-refractivity contribution in [1.82, 2.24) is 20.2 Å². The van der Waals surface area contributed by atoms with Gasteiger partial charge in [-0.05, 0) is 5.21 Å². The summed E-state index contributed by atoms with van der Waals surface area (Å²) in [6.45, 7) is 0. The predicted octanol–water partition coefficient (Wildman–Crippen LogP) is -1.60. The number of amides is 1.